The lowest BCUT2D eigenvalue weighted by Crippen LogP contribution is -2.07. The minimum Gasteiger partial charge on any atom is -0.309 e. The molecule has 0 saturated carbocycles. The number of benzene rings is 10. The first-order valence-corrected chi connectivity index (χ1v) is 25.9. The van der Waals surface area contributed by atoms with Crippen LogP contribution in [-0.2, 0) is 6.18 Å². The Morgan fingerprint density at radius 1 is 0.256 bits per heavy atom. The van der Waals surface area contributed by atoms with Gasteiger partial charge in [-0.3, -0.25) is 0 Å². The number of nitriles is 10. The van der Waals surface area contributed by atoms with Crippen LogP contribution in [0.25, 0.3) is 111 Å². The molecule has 0 N–H and O–H groups in total. The van der Waals surface area contributed by atoms with Crippen molar-refractivity contribution >= 4 is 43.6 Å². The Balaban J connectivity index is 1.19. The van der Waals surface area contributed by atoms with Crippen molar-refractivity contribution in [2.45, 2.75) is 6.18 Å². The Morgan fingerprint density at radius 2 is 0.558 bits per heavy atom. The van der Waals surface area contributed by atoms with Crippen molar-refractivity contribution in [3.8, 4) is 128 Å². The molecule has 0 saturated heterocycles. The summed E-state index contributed by atoms with van der Waals surface area (Å²) in [5.41, 5.74) is 8.38. The second kappa shape index (κ2) is 20.9. The molecule has 2 aromatic heterocycles. The van der Waals surface area contributed by atoms with Gasteiger partial charge < -0.3 is 9.13 Å². The van der Waals surface area contributed by atoms with Crippen LogP contribution >= 0.6 is 0 Å². The Labute approximate surface area is 487 Å². The maximum atomic E-state index is 14.6. The highest BCUT2D eigenvalue weighted by molar-refractivity contribution is 6.14. The molecule has 12 nitrogen and oxygen atoms in total. The number of rotatable bonds is 7. The average Bonchev–Trinajstić information content (AvgIpc) is 1.68. The van der Waals surface area contributed by atoms with E-state index in [-0.39, 0.29) is 78.1 Å². The van der Waals surface area contributed by atoms with Crippen LogP contribution in [0.2, 0.25) is 0 Å². The average molecular weight is 1110 g/mol. The van der Waals surface area contributed by atoms with Crippen LogP contribution in [0.15, 0.2) is 176 Å². The summed E-state index contributed by atoms with van der Waals surface area (Å²) in [4.78, 5) is 0. The van der Waals surface area contributed by atoms with Crippen molar-refractivity contribution in [3.05, 3.63) is 237 Å². The number of aromatic nitrogens is 2. The van der Waals surface area contributed by atoms with Crippen molar-refractivity contribution < 1.29 is 13.2 Å². The predicted octanol–water partition coefficient (Wildman–Crippen LogP) is 16.0. The highest BCUT2D eigenvalue weighted by Crippen LogP contribution is 2.45. The fourth-order valence-electron chi connectivity index (χ4n) is 11.3. The zero-order chi connectivity index (χ0) is 60.1. The molecule has 12 rings (SSSR count). The first kappa shape index (κ1) is 53.1. The molecule has 10 aromatic carbocycles. The maximum Gasteiger partial charge on any atom is 0.416 e. The van der Waals surface area contributed by atoms with Crippen molar-refractivity contribution in [3.63, 3.8) is 0 Å². The molecule has 0 atom stereocenters. The molecule has 12 aromatic rings. The molecule has 2 heterocycles. The van der Waals surface area contributed by atoms with Gasteiger partial charge in [0.2, 0.25) is 0 Å². The van der Waals surface area contributed by atoms with Crippen LogP contribution in [0.5, 0.6) is 0 Å². The first-order chi connectivity index (χ1) is 41.7. The summed E-state index contributed by atoms with van der Waals surface area (Å²) in [5, 5.41) is 104. The van der Waals surface area contributed by atoms with Crippen molar-refractivity contribution in [1.82, 2.24) is 9.13 Å². The number of halogens is 3. The largest absolute Gasteiger partial charge is 0.416 e. The molecular formula is C71H29F3N12. The van der Waals surface area contributed by atoms with Gasteiger partial charge in [0.1, 0.15) is 6.07 Å². The summed E-state index contributed by atoms with van der Waals surface area (Å²) in [6, 6.07) is 68.6. The van der Waals surface area contributed by atoms with E-state index in [1.165, 1.54) is 30.3 Å². The molecule has 0 aliphatic carbocycles. The Morgan fingerprint density at radius 3 is 0.837 bits per heavy atom. The Bertz CT molecular complexity index is 5100. The molecule has 0 fully saturated rings. The number of hydrogen-bond acceptors (Lipinski definition) is 10. The van der Waals surface area contributed by atoms with Gasteiger partial charge >= 0.3 is 6.18 Å². The van der Waals surface area contributed by atoms with E-state index in [9.17, 15) is 65.8 Å². The van der Waals surface area contributed by atoms with Gasteiger partial charge in [0.05, 0.1) is 149 Å². The van der Waals surface area contributed by atoms with E-state index in [1.807, 2.05) is 51.6 Å². The van der Waals surface area contributed by atoms with Crippen molar-refractivity contribution in [1.29, 1.82) is 52.6 Å². The third-order valence-electron chi connectivity index (χ3n) is 15.1. The summed E-state index contributed by atoms with van der Waals surface area (Å²) in [6.45, 7) is 0. The van der Waals surface area contributed by atoms with Gasteiger partial charge in [-0.25, -0.2) is 0 Å². The van der Waals surface area contributed by atoms with E-state index < -0.39 is 11.7 Å². The normalized spacial score (nSPS) is 10.8. The molecule has 0 spiro atoms. The maximum absolute atomic E-state index is 14.6. The summed E-state index contributed by atoms with van der Waals surface area (Å²) >= 11 is 0. The highest BCUT2D eigenvalue weighted by Gasteiger charge is 2.32. The lowest BCUT2D eigenvalue weighted by molar-refractivity contribution is -0.137. The van der Waals surface area contributed by atoms with Crippen molar-refractivity contribution in [2.75, 3.05) is 0 Å². The number of nitrogens with zero attached hydrogens (tertiary/aromatic N) is 12. The molecule has 0 aliphatic rings. The lowest BCUT2D eigenvalue weighted by Gasteiger charge is -2.20. The van der Waals surface area contributed by atoms with Gasteiger partial charge in [0, 0.05) is 32.7 Å². The number of alkyl halides is 3. The van der Waals surface area contributed by atoms with Gasteiger partial charge in [-0.1, -0.05) is 30.3 Å². The fraction of sp³-hybridized carbons (Fsp3) is 0.0141. The van der Waals surface area contributed by atoms with Crippen molar-refractivity contribution in [2.24, 2.45) is 0 Å². The lowest BCUT2D eigenvalue weighted by atomic mass is 9.94. The molecule has 86 heavy (non-hydrogen) atoms. The molecule has 0 unspecified atom stereocenters. The van der Waals surface area contributed by atoms with E-state index in [0.717, 1.165) is 12.1 Å². The minimum absolute atomic E-state index is 0.0832. The monoisotopic (exact) mass is 1110 g/mol. The smallest absolute Gasteiger partial charge is 0.309 e. The summed E-state index contributed by atoms with van der Waals surface area (Å²) in [5.74, 6) is 0. The topological polar surface area (TPSA) is 248 Å². The Hall–Kier alpha value is -13.5. The van der Waals surface area contributed by atoms with Crippen LogP contribution in [0.1, 0.15) is 61.2 Å². The predicted molar refractivity (Wildman–Crippen MR) is 314 cm³/mol. The van der Waals surface area contributed by atoms with Gasteiger partial charge in [0.25, 0.3) is 0 Å². The fourth-order valence-corrected chi connectivity index (χ4v) is 11.3. The third kappa shape index (κ3) is 9.09. The van der Waals surface area contributed by atoms with Crippen LogP contribution < -0.4 is 0 Å². The van der Waals surface area contributed by atoms with E-state index in [0.29, 0.717) is 88.1 Å². The van der Waals surface area contributed by atoms with Gasteiger partial charge in [-0.05, 0) is 190 Å². The minimum atomic E-state index is -4.83. The first-order valence-electron chi connectivity index (χ1n) is 25.9. The second-order valence-corrected chi connectivity index (χ2v) is 20.1. The van der Waals surface area contributed by atoms with Gasteiger partial charge in [-0.15, -0.1) is 0 Å². The Kier molecular flexibility index (Phi) is 12.9. The molecule has 15 heteroatoms. The molecule has 0 amide bonds. The zero-order valence-electron chi connectivity index (χ0n) is 44.2. The molecule has 394 valence electrons. The van der Waals surface area contributed by atoms with Gasteiger partial charge in [-0.2, -0.15) is 65.8 Å². The SMILES string of the molecule is N#Cc1cc(C#N)cc(-c2ccc3c(c2)c2cc(-c4cc(C#N)cc(C#N)c4)ccc2n3-c2cc(-c3ccc(C(F)(F)F)cc3C#N)c(-n3c4ccc(-c5cc(C#N)cc(C#N)c5)cc4c4cc(-c5cc(C#N)cc(C#N)c5)ccc43)cc2C#N)c1. The standard InChI is InChI=1S/C71H29F3N12/c72-71(73,74)58-5-6-59(56(23-58)38-83)64-29-69(85-65-7-1-48(52-15-40(30-75)11-41(16-52)31-76)24-60(65)61-25-49(2-8-66(61)85)53-17-42(32-77)12-43(18-53)33-78)57(39-84)28-70(64)86-67-9-3-50(54-19-44(34-79)13-45(20-54)35-80)26-62(67)63-27-51(4-10-68(63)86)55-21-46(36-81)14-47(22-55)37-82/h1-29H. The molecular weight excluding hydrogens is 1080 g/mol. The third-order valence-corrected chi connectivity index (χ3v) is 15.1. The highest BCUT2D eigenvalue weighted by atomic mass is 19.4. The summed E-state index contributed by atoms with van der Waals surface area (Å²) in [6.07, 6.45) is -4.83. The van der Waals surface area contributed by atoms with E-state index in [4.69, 9.17) is 0 Å². The number of hydrogen-bond donors (Lipinski definition) is 0. The van der Waals surface area contributed by atoms with E-state index in [2.05, 4.69) is 54.6 Å². The second-order valence-electron chi connectivity index (χ2n) is 20.1. The van der Waals surface area contributed by atoms with E-state index >= 15 is 0 Å². The van der Waals surface area contributed by atoms with Crippen LogP contribution in [0.3, 0.4) is 0 Å². The summed E-state index contributed by atoms with van der Waals surface area (Å²) < 4.78 is 47.4. The van der Waals surface area contributed by atoms with E-state index in [1.54, 1.807) is 97.1 Å². The van der Waals surface area contributed by atoms with Crippen LogP contribution in [-0.4, -0.2) is 9.13 Å². The molecule has 0 aliphatic heterocycles. The number of fused-ring (bicyclic) bond motifs is 6. The van der Waals surface area contributed by atoms with Crippen LogP contribution in [0.4, 0.5) is 13.2 Å². The zero-order valence-corrected chi connectivity index (χ0v) is 44.2. The van der Waals surface area contributed by atoms with Crippen LogP contribution in [0, 0.1) is 113 Å². The quantitative estimate of drug-likeness (QED) is 0.146. The van der Waals surface area contributed by atoms with Gasteiger partial charge in [0.15, 0.2) is 0 Å². The molecule has 0 radical (unpaired) electrons. The summed E-state index contributed by atoms with van der Waals surface area (Å²) in [7, 11) is 0. The molecule has 0 bridgehead atoms.